The zero-order valence-corrected chi connectivity index (χ0v) is 14.4. The van der Waals surface area contributed by atoms with E-state index < -0.39 is 55.5 Å². The van der Waals surface area contributed by atoms with Crippen LogP contribution in [0.3, 0.4) is 0 Å². The lowest BCUT2D eigenvalue weighted by molar-refractivity contribution is -0.0435. The van der Waals surface area contributed by atoms with Crippen LogP contribution in [0.2, 0.25) is 0 Å². The SMILES string of the molecule is C[C@@](O)(CNc1ccc(F)cc1S(=O)(=O)C(F)(F)F)c1ccc(F)cc1F. The summed E-state index contributed by atoms with van der Waals surface area (Å²) in [5.74, 6) is -3.24. The van der Waals surface area contributed by atoms with Gasteiger partial charge >= 0.3 is 5.51 Å². The van der Waals surface area contributed by atoms with Crippen LogP contribution in [0.15, 0.2) is 41.3 Å². The van der Waals surface area contributed by atoms with Crippen molar-refractivity contribution in [3.05, 3.63) is 59.4 Å². The number of anilines is 1. The predicted molar refractivity (Wildman–Crippen MR) is 84.1 cm³/mol. The standard InChI is InChI=1S/C16H13F6NO3S/c1-15(24,11-4-2-9(17)6-12(11)19)8-23-13-5-3-10(18)7-14(13)27(25,26)16(20,21)22/h2-7,23-24H,8H2,1H3/t15-/m1/s1. The van der Waals surface area contributed by atoms with E-state index in [-0.39, 0.29) is 11.6 Å². The van der Waals surface area contributed by atoms with Gasteiger partial charge < -0.3 is 10.4 Å². The van der Waals surface area contributed by atoms with Crippen molar-refractivity contribution in [3.8, 4) is 0 Å². The summed E-state index contributed by atoms with van der Waals surface area (Å²) >= 11 is 0. The van der Waals surface area contributed by atoms with Gasteiger partial charge in [0.2, 0.25) is 0 Å². The number of alkyl halides is 3. The number of halogens is 6. The molecule has 2 N–H and O–H groups in total. The molecular weight excluding hydrogens is 400 g/mol. The minimum atomic E-state index is -5.88. The van der Waals surface area contributed by atoms with Gasteiger partial charge in [0.05, 0.1) is 5.69 Å². The molecule has 0 fully saturated rings. The average molecular weight is 413 g/mol. The van der Waals surface area contributed by atoms with Crippen LogP contribution in [0.4, 0.5) is 32.0 Å². The second kappa shape index (κ2) is 7.04. The van der Waals surface area contributed by atoms with Gasteiger partial charge in [-0.3, -0.25) is 0 Å². The lowest BCUT2D eigenvalue weighted by Gasteiger charge is -2.26. The Kier molecular flexibility index (Phi) is 5.48. The molecule has 1 atom stereocenters. The molecule has 27 heavy (non-hydrogen) atoms. The second-order valence-corrected chi connectivity index (χ2v) is 7.75. The van der Waals surface area contributed by atoms with Crippen LogP contribution in [-0.2, 0) is 15.4 Å². The van der Waals surface area contributed by atoms with E-state index in [1.165, 1.54) is 0 Å². The summed E-state index contributed by atoms with van der Waals surface area (Å²) in [6.07, 6.45) is 0. The van der Waals surface area contributed by atoms with Gasteiger partial charge in [0.15, 0.2) is 0 Å². The van der Waals surface area contributed by atoms with E-state index in [4.69, 9.17) is 0 Å². The lowest BCUT2D eigenvalue weighted by Crippen LogP contribution is -2.32. The fourth-order valence-corrected chi connectivity index (χ4v) is 3.22. The third-order valence-electron chi connectivity index (χ3n) is 3.67. The van der Waals surface area contributed by atoms with Crippen molar-refractivity contribution >= 4 is 15.5 Å². The van der Waals surface area contributed by atoms with Gasteiger partial charge in [-0.2, -0.15) is 13.2 Å². The number of benzene rings is 2. The minimum absolute atomic E-state index is 0.179. The first-order valence-electron chi connectivity index (χ1n) is 7.28. The van der Waals surface area contributed by atoms with Gasteiger partial charge in [0.25, 0.3) is 9.84 Å². The van der Waals surface area contributed by atoms with Crippen LogP contribution in [0.25, 0.3) is 0 Å². The molecule has 148 valence electrons. The maximum atomic E-state index is 13.8. The Hall–Kier alpha value is -2.27. The summed E-state index contributed by atoms with van der Waals surface area (Å²) < 4.78 is 102. The molecule has 0 aliphatic carbocycles. The van der Waals surface area contributed by atoms with Gasteiger partial charge in [0, 0.05) is 18.2 Å². The zero-order chi connectivity index (χ0) is 20.6. The van der Waals surface area contributed by atoms with Crippen LogP contribution < -0.4 is 5.32 Å². The first-order chi connectivity index (χ1) is 12.3. The van der Waals surface area contributed by atoms with Crippen LogP contribution >= 0.6 is 0 Å². The third kappa shape index (κ3) is 4.35. The number of aliphatic hydroxyl groups is 1. The molecule has 0 saturated heterocycles. The number of sulfone groups is 1. The van der Waals surface area contributed by atoms with E-state index in [9.17, 15) is 39.9 Å². The minimum Gasteiger partial charge on any atom is -0.383 e. The van der Waals surface area contributed by atoms with Crippen molar-refractivity contribution in [2.45, 2.75) is 22.9 Å². The molecule has 2 aromatic carbocycles. The molecule has 0 bridgehead atoms. The zero-order valence-electron chi connectivity index (χ0n) is 13.6. The highest BCUT2D eigenvalue weighted by Crippen LogP contribution is 2.35. The Labute approximate surface area is 150 Å². The molecule has 0 aromatic heterocycles. The Morgan fingerprint density at radius 3 is 2.11 bits per heavy atom. The molecule has 0 heterocycles. The number of nitrogens with one attached hydrogen (secondary N) is 1. The highest BCUT2D eigenvalue weighted by Gasteiger charge is 2.48. The van der Waals surface area contributed by atoms with Crippen molar-refractivity contribution in [2.24, 2.45) is 0 Å². The van der Waals surface area contributed by atoms with Crippen LogP contribution in [0.5, 0.6) is 0 Å². The van der Waals surface area contributed by atoms with Crippen molar-refractivity contribution in [1.82, 2.24) is 0 Å². The number of hydrogen-bond donors (Lipinski definition) is 2. The maximum Gasteiger partial charge on any atom is 0.501 e. The smallest absolute Gasteiger partial charge is 0.383 e. The molecular formula is C16H13F6NO3S. The summed E-state index contributed by atoms with van der Waals surface area (Å²) in [5, 5.41) is 12.6. The van der Waals surface area contributed by atoms with E-state index in [0.717, 1.165) is 25.1 Å². The molecule has 2 rings (SSSR count). The number of rotatable bonds is 5. The van der Waals surface area contributed by atoms with Crippen LogP contribution in [-0.4, -0.2) is 25.6 Å². The normalized spacial score (nSPS) is 14.7. The molecule has 0 unspecified atom stereocenters. The summed E-state index contributed by atoms with van der Waals surface area (Å²) in [5.41, 5.74) is -8.75. The Balaban J connectivity index is 2.38. The summed E-state index contributed by atoms with van der Waals surface area (Å²) in [7, 11) is -5.88. The molecule has 0 spiro atoms. The summed E-state index contributed by atoms with van der Waals surface area (Å²) in [4.78, 5) is -1.38. The lowest BCUT2D eigenvalue weighted by atomic mass is 9.95. The predicted octanol–water partition coefficient (Wildman–Crippen LogP) is 3.72. The molecule has 0 amide bonds. The quantitative estimate of drug-likeness (QED) is 0.734. The van der Waals surface area contributed by atoms with Gasteiger partial charge in [-0.05, 0) is 31.2 Å². The van der Waals surface area contributed by atoms with E-state index in [1.54, 1.807) is 0 Å². The van der Waals surface area contributed by atoms with Crippen LogP contribution in [0, 0.1) is 17.5 Å². The van der Waals surface area contributed by atoms with Crippen molar-refractivity contribution in [3.63, 3.8) is 0 Å². The molecule has 2 aromatic rings. The van der Waals surface area contributed by atoms with Gasteiger partial charge in [0.1, 0.15) is 27.9 Å². The molecule has 0 saturated carbocycles. The second-order valence-electron chi connectivity index (χ2n) is 5.84. The molecule has 11 heteroatoms. The molecule has 0 aliphatic heterocycles. The Morgan fingerprint density at radius 1 is 1.00 bits per heavy atom. The highest BCUT2D eigenvalue weighted by molar-refractivity contribution is 7.92. The van der Waals surface area contributed by atoms with Crippen molar-refractivity contribution in [2.75, 3.05) is 11.9 Å². The topological polar surface area (TPSA) is 66.4 Å². The average Bonchev–Trinajstić information content (AvgIpc) is 2.52. The first-order valence-corrected chi connectivity index (χ1v) is 8.77. The van der Waals surface area contributed by atoms with Gasteiger partial charge in [-0.15, -0.1) is 0 Å². The Morgan fingerprint density at radius 2 is 1.56 bits per heavy atom. The monoisotopic (exact) mass is 413 g/mol. The Bertz CT molecular complexity index is 957. The van der Waals surface area contributed by atoms with Crippen molar-refractivity contribution in [1.29, 1.82) is 0 Å². The van der Waals surface area contributed by atoms with E-state index in [1.807, 2.05) is 0 Å². The van der Waals surface area contributed by atoms with E-state index >= 15 is 0 Å². The molecule has 4 nitrogen and oxygen atoms in total. The summed E-state index contributed by atoms with van der Waals surface area (Å²) in [6, 6.07) is 3.93. The molecule has 0 aliphatic rings. The largest absolute Gasteiger partial charge is 0.501 e. The van der Waals surface area contributed by atoms with Gasteiger partial charge in [-0.1, -0.05) is 6.07 Å². The van der Waals surface area contributed by atoms with E-state index in [2.05, 4.69) is 5.32 Å². The van der Waals surface area contributed by atoms with Crippen molar-refractivity contribution < 1.29 is 39.9 Å². The summed E-state index contributed by atoms with van der Waals surface area (Å²) in [6.45, 7) is 0.430. The number of hydrogen-bond acceptors (Lipinski definition) is 4. The maximum absolute atomic E-state index is 13.8. The molecule has 0 radical (unpaired) electrons. The fraction of sp³-hybridized carbons (Fsp3) is 0.250. The third-order valence-corrected chi connectivity index (χ3v) is 5.20. The fourth-order valence-electron chi connectivity index (χ4n) is 2.28. The first kappa shape index (κ1) is 21.0. The highest BCUT2D eigenvalue weighted by atomic mass is 32.2. The van der Waals surface area contributed by atoms with Crippen LogP contribution in [0.1, 0.15) is 12.5 Å². The van der Waals surface area contributed by atoms with E-state index in [0.29, 0.717) is 12.1 Å². The van der Waals surface area contributed by atoms with Gasteiger partial charge in [-0.25, -0.2) is 21.6 Å².